The van der Waals surface area contributed by atoms with Gasteiger partial charge in [-0.2, -0.15) is 0 Å². The monoisotopic (exact) mass is 414 g/mol. The van der Waals surface area contributed by atoms with Gasteiger partial charge < -0.3 is 15.5 Å². The quantitative estimate of drug-likeness (QED) is 0.620. The number of carbonyl (C=O) groups is 2. The van der Waals surface area contributed by atoms with Gasteiger partial charge in [0.1, 0.15) is 0 Å². The van der Waals surface area contributed by atoms with Gasteiger partial charge in [-0.3, -0.25) is 9.59 Å². The molecule has 1 unspecified atom stereocenters. The third-order valence-corrected chi connectivity index (χ3v) is 5.70. The zero-order chi connectivity index (χ0) is 19.1. The number of benzene rings is 1. The summed E-state index contributed by atoms with van der Waals surface area (Å²) in [7, 11) is 1.82. The lowest BCUT2D eigenvalue weighted by Gasteiger charge is -2.20. The van der Waals surface area contributed by atoms with E-state index >= 15 is 0 Å². The van der Waals surface area contributed by atoms with Gasteiger partial charge in [0.05, 0.1) is 17.1 Å². The van der Waals surface area contributed by atoms with E-state index in [2.05, 4.69) is 10.6 Å². The van der Waals surface area contributed by atoms with Crippen LogP contribution in [0.3, 0.4) is 0 Å². The molecule has 0 aliphatic heterocycles. The molecule has 2 atom stereocenters. The van der Waals surface area contributed by atoms with Crippen molar-refractivity contribution in [2.75, 3.05) is 25.5 Å². The highest BCUT2D eigenvalue weighted by Gasteiger charge is 2.23. The predicted molar refractivity (Wildman–Crippen MR) is 107 cm³/mol. The Morgan fingerprint density at radius 3 is 2.65 bits per heavy atom. The van der Waals surface area contributed by atoms with E-state index in [1.165, 1.54) is 4.88 Å². The number of likely N-dealkylation sites (N-methyl/N-ethyl adjacent to an activating group) is 1. The van der Waals surface area contributed by atoms with Gasteiger partial charge in [-0.1, -0.05) is 29.3 Å². The number of carbonyl (C=O) groups excluding carboxylic acids is 2. The fourth-order valence-electron chi connectivity index (χ4n) is 2.33. The number of nitrogens with one attached hydrogen (secondary N) is 3. The molecule has 1 aromatic heterocycles. The first kappa shape index (κ1) is 20.7. The average molecular weight is 415 g/mol. The largest absolute Gasteiger partial charge is 0.351 e. The van der Waals surface area contributed by atoms with Crippen LogP contribution in [-0.2, 0) is 16.0 Å². The number of hydrogen-bond donors (Lipinski definition) is 3. The highest BCUT2D eigenvalue weighted by Crippen LogP contribution is 2.24. The van der Waals surface area contributed by atoms with Crippen LogP contribution in [0.25, 0.3) is 0 Å². The Hall–Kier alpha value is -1.60. The smallest absolute Gasteiger partial charge is 0.279 e. The van der Waals surface area contributed by atoms with E-state index in [0.29, 0.717) is 22.3 Å². The van der Waals surface area contributed by atoms with Crippen LogP contribution in [0, 0.1) is 0 Å². The van der Waals surface area contributed by atoms with Crippen LogP contribution in [0.4, 0.5) is 5.69 Å². The number of amides is 2. The molecule has 3 N–H and O–H groups in total. The standard InChI is InChI=1S/C18H21Cl2N3O2S/c1-12(18(25)21-8-7-14-4-3-9-26-14)23(2)11-17(24)22-13-5-6-15(19)16(20)10-13/h3-6,9-10,12H,7-8,11H2,1-2H3,(H,21,25)(H,22,24)/p+1/t12-/m1/s1. The number of anilines is 1. The molecule has 0 aliphatic carbocycles. The molecule has 0 fully saturated rings. The molecule has 2 rings (SSSR count). The minimum absolute atomic E-state index is 0.0682. The van der Waals surface area contributed by atoms with E-state index in [1.807, 2.05) is 31.5 Å². The number of thiophene rings is 1. The van der Waals surface area contributed by atoms with Crippen molar-refractivity contribution >= 4 is 52.0 Å². The normalized spacial score (nSPS) is 13.1. The molecule has 0 saturated heterocycles. The second-order valence-electron chi connectivity index (χ2n) is 6.04. The van der Waals surface area contributed by atoms with Gasteiger partial charge in [0.25, 0.3) is 11.8 Å². The van der Waals surface area contributed by atoms with E-state index in [0.717, 1.165) is 11.3 Å². The van der Waals surface area contributed by atoms with E-state index in [-0.39, 0.29) is 24.4 Å². The number of quaternary nitrogens is 1. The first-order chi connectivity index (χ1) is 12.4. The van der Waals surface area contributed by atoms with E-state index in [9.17, 15) is 9.59 Å². The molecule has 0 bridgehead atoms. The lowest BCUT2D eigenvalue weighted by Crippen LogP contribution is -3.15. The lowest BCUT2D eigenvalue weighted by molar-refractivity contribution is -0.885. The van der Waals surface area contributed by atoms with Gasteiger partial charge in [-0.25, -0.2) is 0 Å². The minimum atomic E-state index is -0.335. The molecule has 0 radical (unpaired) electrons. The Bertz CT molecular complexity index is 753. The zero-order valence-electron chi connectivity index (χ0n) is 14.6. The lowest BCUT2D eigenvalue weighted by atomic mass is 10.2. The average Bonchev–Trinajstić information content (AvgIpc) is 3.10. The fourth-order valence-corrected chi connectivity index (χ4v) is 3.33. The third kappa shape index (κ3) is 6.29. The van der Waals surface area contributed by atoms with Crippen LogP contribution >= 0.6 is 34.5 Å². The molecule has 26 heavy (non-hydrogen) atoms. The molecule has 2 amide bonds. The summed E-state index contributed by atoms with van der Waals surface area (Å²) in [4.78, 5) is 26.5. The Balaban J connectivity index is 1.77. The molecule has 1 heterocycles. The van der Waals surface area contributed by atoms with Gasteiger partial charge in [0.15, 0.2) is 12.6 Å². The molecule has 140 valence electrons. The SMILES string of the molecule is C[C@H](C(=O)NCCc1cccs1)[NH+](C)CC(=O)Nc1ccc(Cl)c(Cl)c1. The van der Waals surface area contributed by atoms with Crippen molar-refractivity contribution in [2.45, 2.75) is 19.4 Å². The van der Waals surface area contributed by atoms with Crippen LogP contribution in [0.15, 0.2) is 35.7 Å². The van der Waals surface area contributed by atoms with Crippen LogP contribution in [0.5, 0.6) is 0 Å². The Kier molecular flexibility index (Phi) is 7.90. The molecular formula is C18H22Cl2N3O2S+. The van der Waals surface area contributed by atoms with Crippen molar-refractivity contribution in [1.82, 2.24) is 5.32 Å². The molecule has 0 saturated carbocycles. The van der Waals surface area contributed by atoms with Crippen molar-refractivity contribution in [1.29, 1.82) is 0 Å². The van der Waals surface area contributed by atoms with Crippen LogP contribution in [-0.4, -0.2) is 38.0 Å². The molecule has 0 aliphatic rings. The summed E-state index contributed by atoms with van der Waals surface area (Å²) in [6, 6.07) is 8.61. The fraction of sp³-hybridized carbons (Fsp3) is 0.333. The summed E-state index contributed by atoms with van der Waals surface area (Å²) in [5.74, 6) is -0.263. The summed E-state index contributed by atoms with van der Waals surface area (Å²) in [5.41, 5.74) is 0.574. The van der Waals surface area contributed by atoms with Crippen molar-refractivity contribution in [3.8, 4) is 0 Å². The molecule has 0 spiro atoms. The molecule has 8 heteroatoms. The van der Waals surface area contributed by atoms with Crippen molar-refractivity contribution in [2.24, 2.45) is 0 Å². The van der Waals surface area contributed by atoms with E-state index < -0.39 is 0 Å². The highest BCUT2D eigenvalue weighted by molar-refractivity contribution is 7.09. The van der Waals surface area contributed by atoms with Gasteiger partial charge in [0, 0.05) is 17.1 Å². The third-order valence-electron chi connectivity index (χ3n) is 4.03. The molecule has 1 aromatic carbocycles. The van der Waals surface area contributed by atoms with Crippen molar-refractivity contribution in [3.63, 3.8) is 0 Å². The number of rotatable bonds is 8. The van der Waals surface area contributed by atoms with Gasteiger partial charge in [0.2, 0.25) is 0 Å². The van der Waals surface area contributed by atoms with Gasteiger partial charge in [-0.05, 0) is 43.0 Å². The Morgan fingerprint density at radius 1 is 1.23 bits per heavy atom. The maximum absolute atomic E-state index is 12.2. The number of halogens is 2. The van der Waals surface area contributed by atoms with Crippen molar-refractivity contribution in [3.05, 3.63) is 50.6 Å². The van der Waals surface area contributed by atoms with E-state index in [1.54, 1.807) is 29.5 Å². The zero-order valence-corrected chi connectivity index (χ0v) is 17.0. The minimum Gasteiger partial charge on any atom is -0.351 e. The van der Waals surface area contributed by atoms with Crippen LogP contribution in [0.2, 0.25) is 10.0 Å². The summed E-state index contributed by atoms with van der Waals surface area (Å²) >= 11 is 13.5. The van der Waals surface area contributed by atoms with Crippen molar-refractivity contribution < 1.29 is 14.5 Å². The number of hydrogen-bond acceptors (Lipinski definition) is 3. The summed E-state index contributed by atoms with van der Waals surface area (Å²) in [5, 5.41) is 8.51. The summed E-state index contributed by atoms with van der Waals surface area (Å²) in [6.45, 7) is 2.56. The predicted octanol–water partition coefficient (Wildman–Crippen LogP) is 2.26. The highest BCUT2D eigenvalue weighted by atomic mass is 35.5. The van der Waals surface area contributed by atoms with E-state index in [4.69, 9.17) is 23.2 Å². The first-order valence-electron chi connectivity index (χ1n) is 8.24. The second-order valence-corrected chi connectivity index (χ2v) is 7.89. The summed E-state index contributed by atoms with van der Waals surface area (Å²) in [6.07, 6.45) is 0.812. The van der Waals surface area contributed by atoms with Crippen LogP contribution in [0.1, 0.15) is 11.8 Å². The Labute approximate surface area is 167 Å². The second kappa shape index (κ2) is 9.92. The molecule has 5 nitrogen and oxygen atoms in total. The van der Waals surface area contributed by atoms with Gasteiger partial charge >= 0.3 is 0 Å². The molecule has 2 aromatic rings. The maximum atomic E-state index is 12.2. The molecular weight excluding hydrogens is 393 g/mol. The van der Waals surface area contributed by atoms with Crippen LogP contribution < -0.4 is 15.5 Å². The summed E-state index contributed by atoms with van der Waals surface area (Å²) < 4.78 is 0. The van der Waals surface area contributed by atoms with Gasteiger partial charge in [-0.15, -0.1) is 11.3 Å². The topological polar surface area (TPSA) is 62.6 Å². The first-order valence-corrected chi connectivity index (χ1v) is 9.87. The maximum Gasteiger partial charge on any atom is 0.279 e. The Morgan fingerprint density at radius 2 is 2.00 bits per heavy atom.